The van der Waals surface area contributed by atoms with E-state index in [2.05, 4.69) is 9.80 Å². The first-order chi connectivity index (χ1) is 10.1. The van der Waals surface area contributed by atoms with E-state index in [1.54, 1.807) is 12.1 Å². The fourth-order valence-corrected chi connectivity index (χ4v) is 2.45. The number of piperazine rings is 1. The van der Waals surface area contributed by atoms with Gasteiger partial charge in [-0.25, -0.2) is 4.39 Å². The fraction of sp³-hybridized carbons (Fsp3) is 0.467. The summed E-state index contributed by atoms with van der Waals surface area (Å²) in [6, 6.07) is 6.72. The molecule has 1 aliphatic rings. The zero-order chi connectivity index (χ0) is 15.2. The Kier molecular flexibility index (Phi) is 5.26. The van der Waals surface area contributed by atoms with Crippen LogP contribution in [-0.2, 0) is 11.3 Å². The van der Waals surface area contributed by atoms with Crippen molar-refractivity contribution in [3.63, 3.8) is 0 Å². The summed E-state index contributed by atoms with van der Waals surface area (Å²) in [5.74, 6) is -1.22. The van der Waals surface area contributed by atoms with Crippen molar-refractivity contribution < 1.29 is 14.3 Å². The van der Waals surface area contributed by atoms with Crippen LogP contribution < -0.4 is 0 Å². The zero-order valence-corrected chi connectivity index (χ0v) is 11.8. The Morgan fingerprint density at radius 1 is 1.29 bits per heavy atom. The van der Waals surface area contributed by atoms with Gasteiger partial charge < -0.3 is 10.0 Å². The van der Waals surface area contributed by atoms with Crippen molar-refractivity contribution in [2.75, 3.05) is 32.7 Å². The number of aliphatic carboxylic acids is 1. The van der Waals surface area contributed by atoms with Gasteiger partial charge in [-0.1, -0.05) is 12.1 Å². The van der Waals surface area contributed by atoms with Crippen LogP contribution in [0.1, 0.15) is 17.5 Å². The molecule has 1 aliphatic heterocycles. The third-order valence-corrected chi connectivity index (χ3v) is 3.70. The first-order valence-electron chi connectivity index (χ1n) is 6.94. The lowest BCUT2D eigenvalue weighted by Crippen LogP contribution is -2.46. The molecule has 0 spiro atoms. The van der Waals surface area contributed by atoms with Crippen molar-refractivity contribution >= 4 is 5.97 Å². The second kappa shape index (κ2) is 7.16. The van der Waals surface area contributed by atoms with Gasteiger partial charge >= 0.3 is 5.97 Å². The molecule has 0 radical (unpaired) electrons. The maximum Gasteiger partial charge on any atom is 0.304 e. The largest absolute Gasteiger partial charge is 0.481 e. The number of carboxylic acid groups (broad SMARTS) is 1. The topological polar surface area (TPSA) is 67.6 Å². The third-order valence-electron chi connectivity index (χ3n) is 3.70. The minimum absolute atomic E-state index is 0.0765. The summed E-state index contributed by atoms with van der Waals surface area (Å²) in [5.41, 5.74) is 0.612. The van der Waals surface area contributed by atoms with E-state index < -0.39 is 11.8 Å². The highest BCUT2D eigenvalue weighted by molar-refractivity contribution is 5.66. The van der Waals surface area contributed by atoms with Crippen LogP contribution in [0.2, 0.25) is 0 Å². The molecule has 0 aromatic heterocycles. The van der Waals surface area contributed by atoms with E-state index in [-0.39, 0.29) is 12.0 Å². The van der Waals surface area contributed by atoms with Gasteiger partial charge in [0.25, 0.3) is 0 Å². The third kappa shape index (κ3) is 4.25. The summed E-state index contributed by atoms with van der Waals surface area (Å²) in [6.07, 6.45) is 0.152. The Hall–Kier alpha value is -1.97. The van der Waals surface area contributed by atoms with Gasteiger partial charge in [0.2, 0.25) is 0 Å². The van der Waals surface area contributed by atoms with Crippen LogP contribution in [0.5, 0.6) is 0 Å². The molecule has 1 saturated heterocycles. The first kappa shape index (κ1) is 15.4. The summed E-state index contributed by atoms with van der Waals surface area (Å²) >= 11 is 0. The van der Waals surface area contributed by atoms with Gasteiger partial charge in [0, 0.05) is 44.8 Å². The number of benzene rings is 1. The SMILES string of the molecule is N#Cc1cccc(CN2CCN(CCC(=O)O)CC2)c1F. The number of nitrogens with zero attached hydrogens (tertiary/aromatic N) is 3. The summed E-state index contributed by atoms with van der Waals surface area (Å²) < 4.78 is 14.0. The molecule has 112 valence electrons. The predicted octanol–water partition coefficient (Wildman–Crippen LogP) is 1.29. The Bertz CT molecular complexity index is 548. The molecule has 1 N–H and O–H groups in total. The lowest BCUT2D eigenvalue weighted by molar-refractivity contribution is -0.137. The maximum absolute atomic E-state index is 14.0. The van der Waals surface area contributed by atoms with E-state index in [0.29, 0.717) is 18.7 Å². The van der Waals surface area contributed by atoms with Gasteiger partial charge in [-0.15, -0.1) is 0 Å². The normalized spacial score (nSPS) is 16.6. The molecule has 1 heterocycles. The lowest BCUT2D eigenvalue weighted by Gasteiger charge is -2.34. The highest BCUT2D eigenvalue weighted by Gasteiger charge is 2.19. The van der Waals surface area contributed by atoms with Crippen LogP contribution in [0.15, 0.2) is 18.2 Å². The van der Waals surface area contributed by atoms with E-state index in [4.69, 9.17) is 10.4 Å². The minimum Gasteiger partial charge on any atom is -0.481 e. The van der Waals surface area contributed by atoms with Crippen molar-refractivity contribution in [2.45, 2.75) is 13.0 Å². The van der Waals surface area contributed by atoms with Crippen LogP contribution in [0.4, 0.5) is 4.39 Å². The number of carbonyl (C=O) groups is 1. The standard InChI is InChI=1S/C15H18FN3O2/c16-15-12(10-17)2-1-3-13(15)11-19-8-6-18(7-9-19)5-4-14(20)21/h1-3H,4-9,11H2,(H,20,21). The Morgan fingerprint density at radius 3 is 2.57 bits per heavy atom. The molecule has 0 aliphatic carbocycles. The highest BCUT2D eigenvalue weighted by Crippen LogP contribution is 2.15. The number of rotatable bonds is 5. The molecule has 0 saturated carbocycles. The molecule has 1 fully saturated rings. The maximum atomic E-state index is 14.0. The van der Waals surface area contributed by atoms with Crippen LogP contribution in [0.25, 0.3) is 0 Å². The summed E-state index contributed by atoms with van der Waals surface area (Å²) in [7, 11) is 0. The molecule has 0 unspecified atom stereocenters. The molecule has 6 heteroatoms. The van der Waals surface area contributed by atoms with E-state index >= 15 is 0 Å². The molecule has 1 aromatic carbocycles. The average Bonchev–Trinajstić information content (AvgIpc) is 2.48. The van der Waals surface area contributed by atoms with Crippen molar-refractivity contribution in [2.24, 2.45) is 0 Å². The molecule has 1 aromatic rings. The molecule has 0 amide bonds. The zero-order valence-electron chi connectivity index (χ0n) is 11.8. The van der Waals surface area contributed by atoms with Crippen molar-refractivity contribution in [1.29, 1.82) is 5.26 Å². The number of hydrogen-bond acceptors (Lipinski definition) is 4. The molecule has 0 atom stereocenters. The van der Waals surface area contributed by atoms with Crippen LogP contribution in [0, 0.1) is 17.1 Å². The molecule has 5 nitrogen and oxygen atoms in total. The Balaban J connectivity index is 1.87. The van der Waals surface area contributed by atoms with Gasteiger partial charge in [-0.3, -0.25) is 9.69 Å². The van der Waals surface area contributed by atoms with Crippen LogP contribution >= 0.6 is 0 Å². The van der Waals surface area contributed by atoms with E-state index in [0.717, 1.165) is 26.2 Å². The quantitative estimate of drug-likeness (QED) is 0.885. The van der Waals surface area contributed by atoms with Crippen LogP contribution in [0.3, 0.4) is 0 Å². The van der Waals surface area contributed by atoms with Crippen molar-refractivity contribution in [1.82, 2.24) is 9.80 Å². The molecule has 2 rings (SSSR count). The highest BCUT2D eigenvalue weighted by atomic mass is 19.1. The molecule has 0 bridgehead atoms. The number of hydrogen-bond donors (Lipinski definition) is 1. The number of nitriles is 1. The Labute approximate surface area is 123 Å². The average molecular weight is 291 g/mol. The second-order valence-corrected chi connectivity index (χ2v) is 5.15. The van der Waals surface area contributed by atoms with Gasteiger partial charge in [0.1, 0.15) is 11.9 Å². The van der Waals surface area contributed by atoms with Gasteiger partial charge in [0.05, 0.1) is 12.0 Å². The van der Waals surface area contributed by atoms with E-state index in [1.165, 1.54) is 6.07 Å². The minimum atomic E-state index is -0.784. The smallest absolute Gasteiger partial charge is 0.304 e. The summed E-state index contributed by atoms with van der Waals surface area (Å²) in [4.78, 5) is 14.8. The Morgan fingerprint density at radius 2 is 1.95 bits per heavy atom. The lowest BCUT2D eigenvalue weighted by atomic mass is 10.1. The van der Waals surface area contributed by atoms with E-state index in [1.807, 2.05) is 6.07 Å². The predicted molar refractivity (Wildman–Crippen MR) is 75.1 cm³/mol. The number of halogens is 1. The summed E-state index contributed by atoms with van der Waals surface area (Å²) in [5, 5.41) is 17.5. The molecule has 21 heavy (non-hydrogen) atoms. The first-order valence-corrected chi connectivity index (χ1v) is 6.94. The molecular formula is C15H18FN3O2. The van der Waals surface area contributed by atoms with Gasteiger partial charge in [-0.05, 0) is 6.07 Å². The fourth-order valence-electron chi connectivity index (χ4n) is 2.45. The van der Waals surface area contributed by atoms with Gasteiger partial charge in [0.15, 0.2) is 0 Å². The summed E-state index contributed by atoms with van der Waals surface area (Å²) in [6.45, 7) is 4.15. The van der Waals surface area contributed by atoms with Crippen molar-refractivity contribution in [3.05, 3.63) is 35.1 Å². The van der Waals surface area contributed by atoms with Gasteiger partial charge in [-0.2, -0.15) is 5.26 Å². The monoisotopic (exact) mass is 291 g/mol. The molecular weight excluding hydrogens is 273 g/mol. The van der Waals surface area contributed by atoms with Crippen molar-refractivity contribution in [3.8, 4) is 6.07 Å². The second-order valence-electron chi connectivity index (χ2n) is 5.15. The number of carboxylic acids is 1. The van der Waals surface area contributed by atoms with E-state index in [9.17, 15) is 9.18 Å². The van der Waals surface area contributed by atoms with Crippen LogP contribution in [-0.4, -0.2) is 53.6 Å².